The summed E-state index contributed by atoms with van der Waals surface area (Å²) in [6.07, 6.45) is 7.40. The van der Waals surface area contributed by atoms with E-state index >= 15 is 0 Å². The van der Waals surface area contributed by atoms with Gasteiger partial charge in [-0.3, -0.25) is 14.8 Å². The maximum atomic E-state index is 12.5. The Morgan fingerprint density at radius 3 is 2.62 bits per heavy atom. The molecule has 1 amide bonds. The highest BCUT2D eigenvalue weighted by Crippen LogP contribution is 2.23. The molecule has 1 fully saturated rings. The van der Waals surface area contributed by atoms with Crippen molar-refractivity contribution in [3.05, 3.63) is 84.4 Å². The third kappa shape index (κ3) is 5.10. The first-order valence-corrected chi connectivity index (χ1v) is 9.88. The quantitative estimate of drug-likeness (QED) is 0.701. The molecule has 1 aliphatic rings. The summed E-state index contributed by atoms with van der Waals surface area (Å²) in [6, 6.07) is 17.1. The van der Waals surface area contributed by atoms with Crippen molar-refractivity contribution in [2.24, 2.45) is 0 Å². The molecule has 2 aromatic heterocycles. The Morgan fingerprint density at radius 1 is 1.03 bits per heavy atom. The van der Waals surface area contributed by atoms with Crippen LogP contribution in [0.15, 0.2) is 73.2 Å². The molecule has 1 N–H and O–H groups in total. The number of pyridine rings is 2. The molecule has 1 saturated heterocycles. The molecule has 0 aliphatic carbocycles. The number of carbonyl (C=O) groups excluding carboxylic acids is 1. The summed E-state index contributed by atoms with van der Waals surface area (Å²) in [4.78, 5) is 23.1. The monoisotopic (exact) mass is 388 g/mol. The molecule has 6 nitrogen and oxygen atoms in total. The summed E-state index contributed by atoms with van der Waals surface area (Å²) in [5, 5.41) is 2.90. The number of hydrogen-bond acceptors (Lipinski definition) is 5. The van der Waals surface area contributed by atoms with Crippen LogP contribution in [0, 0.1) is 0 Å². The third-order valence-corrected chi connectivity index (χ3v) is 5.03. The van der Waals surface area contributed by atoms with Crippen LogP contribution in [0.25, 0.3) is 0 Å². The maximum absolute atomic E-state index is 12.5. The highest BCUT2D eigenvalue weighted by atomic mass is 16.5. The van der Waals surface area contributed by atoms with Gasteiger partial charge in [0.2, 0.25) is 0 Å². The number of carbonyl (C=O) groups is 1. The van der Waals surface area contributed by atoms with Crippen LogP contribution in [-0.4, -0.2) is 35.1 Å². The Morgan fingerprint density at radius 2 is 1.86 bits per heavy atom. The predicted molar refractivity (Wildman–Crippen MR) is 112 cm³/mol. The summed E-state index contributed by atoms with van der Waals surface area (Å²) >= 11 is 0. The number of benzene rings is 1. The van der Waals surface area contributed by atoms with E-state index < -0.39 is 0 Å². The smallest absolute Gasteiger partial charge is 0.251 e. The fraction of sp³-hybridized carbons (Fsp3) is 0.261. The van der Waals surface area contributed by atoms with E-state index in [-0.39, 0.29) is 12.0 Å². The van der Waals surface area contributed by atoms with Gasteiger partial charge in [0.1, 0.15) is 11.9 Å². The molecule has 0 unspecified atom stereocenters. The van der Waals surface area contributed by atoms with Crippen LogP contribution in [0.1, 0.15) is 28.9 Å². The van der Waals surface area contributed by atoms with Gasteiger partial charge in [-0.1, -0.05) is 12.1 Å². The minimum atomic E-state index is -0.131. The van der Waals surface area contributed by atoms with Crippen molar-refractivity contribution in [1.82, 2.24) is 15.3 Å². The Labute approximate surface area is 170 Å². The number of rotatable bonds is 6. The van der Waals surface area contributed by atoms with E-state index in [4.69, 9.17) is 4.74 Å². The average Bonchev–Trinajstić information content (AvgIpc) is 2.79. The van der Waals surface area contributed by atoms with Gasteiger partial charge in [-0.2, -0.15) is 0 Å². The summed E-state index contributed by atoms with van der Waals surface area (Å²) in [6.45, 7) is 2.29. The number of piperidine rings is 1. The van der Waals surface area contributed by atoms with Crippen molar-refractivity contribution in [2.75, 3.05) is 18.0 Å². The van der Waals surface area contributed by atoms with E-state index in [1.54, 1.807) is 12.3 Å². The molecule has 0 spiro atoms. The van der Waals surface area contributed by atoms with E-state index in [0.29, 0.717) is 12.1 Å². The second-order valence-electron chi connectivity index (χ2n) is 7.04. The minimum Gasteiger partial charge on any atom is -0.490 e. The van der Waals surface area contributed by atoms with Crippen LogP contribution in [0.3, 0.4) is 0 Å². The minimum absolute atomic E-state index is 0.131. The number of ether oxygens (including phenoxy) is 1. The van der Waals surface area contributed by atoms with E-state index in [0.717, 1.165) is 37.4 Å². The van der Waals surface area contributed by atoms with Gasteiger partial charge in [0.05, 0.1) is 12.2 Å². The zero-order valence-electron chi connectivity index (χ0n) is 16.2. The topological polar surface area (TPSA) is 67.3 Å². The Hall–Kier alpha value is -3.41. The largest absolute Gasteiger partial charge is 0.490 e. The highest BCUT2D eigenvalue weighted by molar-refractivity contribution is 5.94. The molecule has 0 bridgehead atoms. The molecule has 4 rings (SSSR count). The third-order valence-electron chi connectivity index (χ3n) is 5.03. The standard InChI is InChI=1S/C23H24N4O2/c28-23(26-17-19-5-1-2-11-25-19)18-4-3-6-22(16-18)29-21-9-14-27(15-10-21)20-7-12-24-13-8-20/h1-8,11-13,16,21H,9-10,14-15,17H2,(H,26,28). The van der Waals surface area contributed by atoms with Gasteiger partial charge >= 0.3 is 0 Å². The lowest BCUT2D eigenvalue weighted by atomic mass is 10.1. The van der Waals surface area contributed by atoms with Crippen LogP contribution in [0.2, 0.25) is 0 Å². The summed E-state index contributed by atoms with van der Waals surface area (Å²) < 4.78 is 6.16. The molecule has 6 heteroatoms. The van der Waals surface area contributed by atoms with Crippen LogP contribution >= 0.6 is 0 Å². The number of anilines is 1. The van der Waals surface area contributed by atoms with Gasteiger partial charge in [0.25, 0.3) is 5.91 Å². The van der Waals surface area contributed by atoms with Gasteiger partial charge < -0.3 is 15.0 Å². The summed E-state index contributed by atoms with van der Waals surface area (Å²) in [5.41, 5.74) is 2.62. The molecule has 0 radical (unpaired) electrons. The van der Waals surface area contributed by atoms with Gasteiger partial charge in [0, 0.05) is 55.8 Å². The van der Waals surface area contributed by atoms with Gasteiger partial charge in [-0.05, 0) is 42.5 Å². The van der Waals surface area contributed by atoms with E-state index in [1.165, 1.54) is 5.69 Å². The lowest BCUT2D eigenvalue weighted by molar-refractivity contribution is 0.0949. The first-order chi connectivity index (χ1) is 14.3. The van der Waals surface area contributed by atoms with Crippen LogP contribution in [0.4, 0.5) is 5.69 Å². The fourth-order valence-electron chi connectivity index (χ4n) is 3.47. The summed E-state index contributed by atoms with van der Waals surface area (Å²) in [7, 11) is 0. The lowest BCUT2D eigenvalue weighted by Crippen LogP contribution is -2.38. The summed E-state index contributed by atoms with van der Waals surface area (Å²) in [5.74, 6) is 0.603. The SMILES string of the molecule is O=C(NCc1ccccn1)c1cccc(OC2CCN(c3ccncc3)CC2)c1. The zero-order valence-corrected chi connectivity index (χ0v) is 16.2. The molecule has 148 valence electrons. The molecular weight excluding hydrogens is 364 g/mol. The van der Waals surface area contributed by atoms with Crippen molar-refractivity contribution < 1.29 is 9.53 Å². The normalized spacial score (nSPS) is 14.4. The van der Waals surface area contributed by atoms with Crippen molar-refractivity contribution in [3.8, 4) is 5.75 Å². The van der Waals surface area contributed by atoms with Crippen molar-refractivity contribution in [2.45, 2.75) is 25.5 Å². The van der Waals surface area contributed by atoms with Crippen LogP contribution < -0.4 is 15.0 Å². The molecule has 1 aromatic carbocycles. The number of hydrogen-bond donors (Lipinski definition) is 1. The van der Waals surface area contributed by atoms with E-state index in [1.807, 2.05) is 60.9 Å². The molecule has 3 aromatic rings. The molecular formula is C23H24N4O2. The Balaban J connectivity index is 1.30. The number of amides is 1. The lowest BCUT2D eigenvalue weighted by Gasteiger charge is -2.33. The Kier molecular flexibility index (Phi) is 6.00. The zero-order chi connectivity index (χ0) is 19.9. The van der Waals surface area contributed by atoms with Crippen LogP contribution in [-0.2, 0) is 6.54 Å². The van der Waals surface area contributed by atoms with Crippen LogP contribution in [0.5, 0.6) is 5.75 Å². The van der Waals surface area contributed by atoms with Gasteiger partial charge in [-0.15, -0.1) is 0 Å². The molecule has 3 heterocycles. The van der Waals surface area contributed by atoms with Crippen molar-refractivity contribution in [1.29, 1.82) is 0 Å². The number of nitrogens with one attached hydrogen (secondary N) is 1. The second-order valence-corrected chi connectivity index (χ2v) is 7.04. The molecule has 0 atom stereocenters. The maximum Gasteiger partial charge on any atom is 0.251 e. The first-order valence-electron chi connectivity index (χ1n) is 9.88. The Bertz CT molecular complexity index is 926. The average molecular weight is 388 g/mol. The molecule has 0 saturated carbocycles. The fourth-order valence-corrected chi connectivity index (χ4v) is 3.47. The van der Waals surface area contributed by atoms with Crippen molar-refractivity contribution >= 4 is 11.6 Å². The van der Waals surface area contributed by atoms with E-state index in [2.05, 4.69) is 20.2 Å². The van der Waals surface area contributed by atoms with Crippen molar-refractivity contribution in [3.63, 3.8) is 0 Å². The number of nitrogens with zero attached hydrogens (tertiary/aromatic N) is 3. The number of aromatic nitrogens is 2. The molecule has 29 heavy (non-hydrogen) atoms. The van der Waals surface area contributed by atoms with Gasteiger partial charge in [0.15, 0.2) is 0 Å². The second kappa shape index (κ2) is 9.19. The molecule has 1 aliphatic heterocycles. The highest BCUT2D eigenvalue weighted by Gasteiger charge is 2.21. The van der Waals surface area contributed by atoms with E-state index in [9.17, 15) is 4.79 Å². The predicted octanol–water partition coefficient (Wildman–Crippen LogP) is 3.45. The first kappa shape index (κ1) is 18.9. The van der Waals surface area contributed by atoms with Gasteiger partial charge in [-0.25, -0.2) is 0 Å².